The van der Waals surface area contributed by atoms with Gasteiger partial charge in [0, 0.05) is 17.8 Å². The van der Waals surface area contributed by atoms with Gasteiger partial charge in [-0.05, 0) is 39.2 Å². The zero-order valence-corrected chi connectivity index (χ0v) is 14.7. The molecule has 1 aliphatic heterocycles. The number of carbonyl (C=O) groups is 1. The lowest BCUT2D eigenvalue weighted by atomic mass is 10.1. The first kappa shape index (κ1) is 16.5. The molecule has 2 heterocycles. The number of amides is 1. The van der Waals surface area contributed by atoms with Gasteiger partial charge in [0.15, 0.2) is 9.84 Å². The molecule has 1 saturated carbocycles. The van der Waals surface area contributed by atoms with Gasteiger partial charge in [0.1, 0.15) is 6.54 Å². The highest BCUT2D eigenvalue weighted by molar-refractivity contribution is 7.91. The van der Waals surface area contributed by atoms with E-state index in [9.17, 15) is 13.2 Å². The highest BCUT2D eigenvalue weighted by Gasteiger charge is 2.39. The van der Waals surface area contributed by atoms with Crippen molar-refractivity contribution in [3.63, 3.8) is 0 Å². The average Bonchev–Trinajstić information content (AvgIpc) is 3.14. The summed E-state index contributed by atoms with van der Waals surface area (Å²) in [6.07, 6.45) is 4.78. The summed E-state index contributed by atoms with van der Waals surface area (Å²) in [7, 11) is -3.00. The van der Waals surface area contributed by atoms with Gasteiger partial charge in [0.25, 0.3) is 0 Å². The molecule has 0 radical (unpaired) electrons. The fourth-order valence-electron chi connectivity index (χ4n) is 3.93. The molecule has 1 amide bonds. The number of aryl methyl sites for hydroxylation is 2. The number of sulfone groups is 1. The summed E-state index contributed by atoms with van der Waals surface area (Å²) in [5.41, 5.74) is 1.85. The number of hydrogen-bond acceptors (Lipinski definition) is 4. The molecule has 0 spiro atoms. The number of aromatic nitrogens is 2. The minimum absolute atomic E-state index is 0.00481. The molecule has 128 valence electrons. The SMILES string of the molecule is Cc1cc(C)n(CC(=O)N(C2CCCC2)C2CCS(=O)(=O)C2)n1. The van der Waals surface area contributed by atoms with Crippen LogP contribution < -0.4 is 0 Å². The molecule has 0 N–H and O–H groups in total. The molecule has 2 fully saturated rings. The predicted molar refractivity (Wildman–Crippen MR) is 87.9 cm³/mol. The van der Waals surface area contributed by atoms with Gasteiger partial charge in [-0.3, -0.25) is 9.48 Å². The highest BCUT2D eigenvalue weighted by atomic mass is 32.2. The third-order valence-corrected chi connectivity index (χ3v) is 6.75. The summed E-state index contributed by atoms with van der Waals surface area (Å²) in [4.78, 5) is 14.8. The van der Waals surface area contributed by atoms with E-state index in [0.717, 1.165) is 37.1 Å². The van der Waals surface area contributed by atoms with Gasteiger partial charge >= 0.3 is 0 Å². The molecule has 0 bridgehead atoms. The maximum Gasteiger partial charge on any atom is 0.244 e. The molecule has 1 atom stereocenters. The second-order valence-corrected chi connectivity index (χ2v) is 9.11. The van der Waals surface area contributed by atoms with Crippen LogP contribution in [0.2, 0.25) is 0 Å². The molecule has 1 saturated heterocycles. The third kappa shape index (κ3) is 3.59. The zero-order valence-electron chi connectivity index (χ0n) is 13.9. The van der Waals surface area contributed by atoms with Crippen LogP contribution in [0.1, 0.15) is 43.5 Å². The van der Waals surface area contributed by atoms with E-state index >= 15 is 0 Å². The van der Waals surface area contributed by atoms with Crippen LogP contribution in [0.3, 0.4) is 0 Å². The Kier molecular flexibility index (Phi) is 4.49. The summed E-state index contributed by atoms with van der Waals surface area (Å²) >= 11 is 0. The predicted octanol–water partition coefficient (Wildman–Crippen LogP) is 1.46. The largest absolute Gasteiger partial charge is 0.334 e. The monoisotopic (exact) mass is 339 g/mol. The van der Waals surface area contributed by atoms with Crippen LogP contribution in [-0.2, 0) is 21.2 Å². The normalized spacial score (nSPS) is 24.2. The van der Waals surface area contributed by atoms with Crippen LogP contribution in [0.5, 0.6) is 0 Å². The van der Waals surface area contributed by atoms with Gasteiger partial charge in [-0.15, -0.1) is 0 Å². The van der Waals surface area contributed by atoms with Gasteiger partial charge in [-0.25, -0.2) is 8.42 Å². The minimum atomic E-state index is -3.00. The molecule has 6 nitrogen and oxygen atoms in total. The molecule has 1 unspecified atom stereocenters. The van der Waals surface area contributed by atoms with Crippen molar-refractivity contribution >= 4 is 15.7 Å². The van der Waals surface area contributed by atoms with E-state index in [1.807, 2.05) is 24.8 Å². The maximum absolute atomic E-state index is 12.9. The molecular weight excluding hydrogens is 314 g/mol. The summed E-state index contributed by atoms with van der Waals surface area (Å²) in [5, 5.41) is 4.37. The van der Waals surface area contributed by atoms with E-state index in [0.29, 0.717) is 6.42 Å². The van der Waals surface area contributed by atoms with E-state index < -0.39 is 9.84 Å². The fraction of sp³-hybridized carbons (Fsp3) is 0.750. The van der Waals surface area contributed by atoms with E-state index in [-0.39, 0.29) is 36.0 Å². The first-order chi connectivity index (χ1) is 10.9. The molecule has 2 aliphatic rings. The van der Waals surface area contributed by atoms with Gasteiger partial charge in [0.05, 0.1) is 17.2 Å². The molecule has 23 heavy (non-hydrogen) atoms. The van der Waals surface area contributed by atoms with Crippen molar-refractivity contribution in [3.05, 3.63) is 17.5 Å². The molecule has 0 aromatic carbocycles. The lowest BCUT2D eigenvalue weighted by molar-refractivity contribution is -0.136. The Morgan fingerprint density at radius 3 is 2.48 bits per heavy atom. The quantitative estimate of drug-likeness (QED) is 0.832. The molecule has 7 heteroatoms. The van der Waals surface area contributed by atoms with E-state index in [4.69, 9.17) is 0 Å². The summed E-state index contributed by atoms with van der Waals surface area (Å²) < 4.78 is 25.4. The van der Waals surface area contributed by atoms with Crippen molar-refractivity contribution in [3.8, 4) is 0 Å². The van der Waals surface area contributed by atoms with Crippen molar-refractivity contribution in [1.29, 1.82) is 0 Å². The van der Waals surface area contributed by atoms with Crippen LogP contribution in [0, 0.1) is 13.8 Å². The summed E-state index contributed by atoms with van der Waals surface area (Å²) in [6.45, 7) is 4.05. The zero-order chi connectivity index (χ0) is 16.6. The maximum atomic E-state index is 12.9. The Hall–Kier alpha value is -1.37. The Morgan fingerprint density at radius 1 is 1.26 bits per heavy atom. The van der Waals surface area contributed by atoms with Gasteiger partial charge < -0.3 is 4.90 Å². The average molecular weight is 339 g/mol. The molecular formula is C16H25N3O3S. The van der Waals surface area contributed by atoms with Crippen molar-refractivity contribution < 1.29 is 13.2 Å². The topological polar surface area (TPSA) is 72.3 Å². The Labute approximate surface area is 137 Å². The molecule has 1 aromatic rings. The highest BCUT2D eigenvalue weighted by Crippen LogP contribution is 2.29. The smallest absolute Gasteiger partial charge is 0.244 e. The second-order valence-electron chi connectivity index (χ2n) is 6.88. The van der Waals surface area contributed by atoms with Crippen LogP contribution in [0.4, 0.5) is 0 Å². The second kappa shape index (κ2) is 6.26. The third-order valence-electron chi connectivity index (χ3n) is 5.00. The Balaban J connectivity index is 1.80. The lowest BCUT2D eigenvalue weighted by Gasteiger charge is -2.34. The van der Waals surface area contributed by atoms with E-state index in [2.05, 4.69) is 5.10 Å². The summed E-state index contributed by atoms with van der Waals surface area (Å²) in [5.74, 6) is 0.325. The van der Waals surface area contributed by atoms with Crippen molar-refractivity contribution in [2.75, 3.05) is 11.5 Å². The number of carbonyl (C=O) groups excluding carboxylic acids is 1. The van der Waals surface area contributed by atoms with Crippen molar-refractivity contribution in [1.82, 2.24) is 14.7 Å². The summed E-state index contributed by atoms with van der Waals surface area (Å²) in [6, 6.07) is 1.98. The van der Waals surface area contributed by atoms with Crippen LogP contribution >= 0.6 is 0 Å². The van der Waals surface area contributed by atoms with Crippen molar-refractivity contribution in [2.45, 2.75) is 64.6 Å². The standard InChI is InChI=1S/C16H25N3O3S/c1-12-9-13(2)18(17-12)10-16(20)19(14-5-3-4-6-14)15-7-8-23(21,22)11-15/h9,14-15H,3-8,10-11H2,1-2H3. The molecule has 1 aliphatic carbocycles. The van der Waals surface area contributed by atoms with Crippen molar-refractivity contribution in [2.24, 2.45) is 0 Å². The van der Waals surface area contributed by atoms with Gasteiger partial charge in [0.2, 0.25) is 5.91 Å². The number of rotatable bonds is 4. The fourth-order valence-corrected chi connectivity index (χ4v) is 5.64. The van der Waals surface area contributed by atoms with E-state index in [1.165, 1.54) is 0 Å². The first-order valence-corrected chi connectivity index (χ1v) is 10.2. The van der Waals surface area contributed by atoms with E-state index in [1.54, 1.807) is 4.68 Å². The first-order valence-electron chi connectivity index (χ1n) is 8.38. The van der Waals surface area contributed by atoms with Crippen LogP contribution in [-0.4, -0.2) is 52.6 Å². The molecule has 3 rings (SSSR count). The number of nitrogens with zero attached hydrogens (tertiary/aromatic N) is 3. The number of hydrogen-bond donors (Lipinski definition) is 0. The molecule has 1 aromatic heterocycles. The van der Waals surface area contributed by atoms with Crippen LogP contribution in [0.25, 0.3) is 0 Å². The van der Waals surface area contributed by atoms with Gasteiger partial charge in [-0.2, -0.15) is 5.10 Å². The lowest BCUT2D eigenvalue weighted by Crippen LogP contribution is -2.48. The van der Waals surface area contributed by atoms with Gasteiger partial charge in [-0.1, -0.05) is 12.8 Å². The Morgan fingerprint density at radius 2 is 1.96 bits per heavy atom. The Bertz CT molecular complexity index is 689. The minimum Gasteiger partial charge on any atom is -0.334 e. The van der Waals surface area contributed by atoms with Crippen LogP contribution in [0.15, 0.2) is 6.07 Å².